The summed E-state index contributed by atoms with van der Waals surface area (Å²) in [6.45, 7) is 1.57. The Morgan fingerprint density at radius 1 is 0.673 bits per heavy atom. The highest BCUT2D eigenvalue weighted by molar-refractivity contribution is 5.91. The first kappa shape index (κ1) is 34.7. The van der Waals surface area contributed by atoms with Gasteiger partial charge in [0, 0.05) is 12.8 Å². The summed E-state index contributed by atoms with van der Waals surface area (Å²) in [5.74, 6) is -3.86. The minimum atomic E-state index is -1.61. The van der Waals surface area contributed by atoms with Crippen LogP contribution in [0, 0.1) is 5.82 Å². The molecule has 1 aliphatic rings. The fraction of sp³-hybridized carbons (Fsp3) is 0.243. The first-order valence-electron chi connectivity index (χ1n) is 15.4. The molecule has 0 bridgehead atoms. The number of anilines is 1. The Morgan fingerprint density at radius 2 is 1.12 bits per heavy atom. The van der Waals surface area contributed by atoms with Crippen LogP contribution >= 0.6 is 0 Å². The molecule has 0 aliphatic carbocycles. The molecule has 5 rings (SSSR count). The van der Waals surface area contributed by atoms with Gasteiger partial charge in [-0.3, -0.25) is 0 Å². The lowest BCUT2D eigenvalue weighted by molar-refractivity contribution is -0.289. The largest absolute Gasteiger partial charge is 0.464 e. The van der Waals surface area contributed by atoms with Gasteiger partial charge < -0.3 is 33.7 Å². The van der Waals surface area contributed by atoms with Crippen LogP contribution in [-0.2, 0) is 33.2 Å². The molecule has 1 heterocycles. The molecule has 6 atom stereocenters. The van der Waals surface area contributed by atoms with Crippen molar-refractivity contribution in [1.29, 1.82) is 0 Å². The molecule has 0 amide bonds. The number of esters is 4. The van der Waals surface area contributed by atoms with Gasteiger partial charge in [-0.15, -0.1) is 0 Å². The Bertz CT molecular complexity index is 1710. The van der Waals surface area contributed by atoms with Crippen LogP contribution in [0.5, 0.6) is 0 Å². The lowest BCUT2D eigenvalue weighted by Crippen LogP contribution is -2.66. The van der Waals surface area contributed by atoms with Crippen LogP contribution in [0.1, 0.15) is 38.0 Å². The average Bonchev–Trinajstić information content (AvgIpc) is 3.13. The lowest BCUT2D eigenvalue weighted by Gasteiger charge is -2.46. The number of halogens is 1. The van der Waals surface area contributed by atoms with Gasteiger partial charge in [0.15, 0.2) is 30.6 Å². The van der Waals surface area contributed by atoms with E-state index in [-0.39, 0.29) is 23.3 Å². The summed E-state index contributed by atoms with van der Waals surface area (Å²) < 4.78 is 49.0. The third-order valence-corrected chi connectivity index (χ3v) is 7.56. The van der Waals surface area contributed by atoms with Crippen LogP contribution in [0.15, 0.2) is 115 Å². The highest BCUT2D eigenvalue weighted by Crippen LogP contribution is 2.33. The molecule has 4 aromatic rings. The summed E-state index contributed by atoms with van der Waals surface area (Å²) in [4.78, 5) is 54.3. The molecule has 4 aromatic carbocycles. The Labute approximate surface area is 281 Å². The second kappa shape index (κ2) is 16.5. The molecule has 1 unspecified atom stereocenters. The molecular weight excluding hydrogens is 637 g/mol. The number of carbonyl (C=O) groups excluding carboxylic acids is 4. The molecule has 1 saturated heterocycles. The van der Waals surface area contributed by atoms with E-state index in [1.54, 1.807) is 61.5 Å². The van der Waals surface area contributed by atoms with E-state index in [1.807, 2.05) is 0 Å². The monoisotopic (exact) mass is 671 g/mol. The fourth-order valence-electron chi connectivity index (χ4n) is 5.22. The van der Waals surface area contributed by atoms with Crippen LogP contribution in [0.2, 0.25) is 0 Å². The summed E-state index contributed by atoms with van der Waals surface area (Å²) >= 11 is 0. The van der Waals surface area contributed by atoms with Crippen molar-refractivity contribution >= 4 is 29.6 Å². The molecule has 254 valence electrons. The van der Waals surface area contributed by atoms with E-state index in [4.69, 9.17) is 28.4 Å². The SMILES string of the molecule is CCOC(=O)C(Nc1ccc(F)cc1)[C@H]1O[C@H](OC)[C@@H](OC(=O)c2ccccc2)[C@@H](OC(=O)c2ccccc2)[C@@H]1OC(=O)c1ccccc1. The van der Waals surface area contributed by atoms with Gasteiger partial charge in [0.2, 0.25) is 0 Å². The molecule has 0 aromatic heterocycles. The lowest BCUT2D eigenvalue weighted by atomic mass is 9.92. The molecule has 12 heteroatoms. The van der Waals surface area contributed by atoms with Crippen molar-refractivity contribution < 1.29 is 52.0 Å². The maximum absolute atomic E-state index is 13.8. The van der Waals surface area contributed by atoms with Crippen molar-refractivity contribution in [3.05, 3.63) is 138 Å². The van der Waals surface area contributed by atoms with Gasteiger partial charge >= 0.3 is 23.9 Å². The van der Waals surface area contributed by atoms with Crippen LogP contribution < -0.4 is 5.32 Å². The van der Waals surface area contributed by atoms with E-state index in [9.17, 15) is 23.6 Å². The number of methoxy groups -OCH3 is 1. The Hall–Kier alpha value is -5.59. The summed E-state index contributed by atoms with van der Waals surface area (Å²) in [6, 6.07) is 27.7. The molecule has 1 N–H and O–H groups in total. The van der Waals surface area contributed by atoms with Crippen molar-refractivity contribution in [2.75, 3.05) is 19.0 Å². The second-order valence-electron chi connectivity index (χ2n) is 10.8. The maximum atomic E-state index is 13.8. The van der Waals surface area contributed by atoms with E-state index < -0.39 is 66.4 Å². The maximum Gasteiger partial charge on any atom is 0.338 e. The first-order chi connectivity index (χ1) is 23.8. The number of ether oxygens (including phenoxy) is 6. The van der Waals surface area contributed by atoms with Gasteiger partial charge in [-0.1, -0.05) is 54.6 Å². The van der Waals surface area contributed by atoms with Crippen LogP contribution in [0.25, 0.3) is 0 Å². The number of hydrogen-bond donors (Lipinski definition) is 1. The topological polar surface area (TPSA) is 136 Å². The summed E-state index contributed by atoms with van der Waals surface area (Å²) in [5.41, 5.74) is 0.751. The number of nitrogens with one attached hydrogen (secondary N) is 1. The standard InChI is InChI=1S/C37H34FNO10/c1-3-45-36(43)28(39-27-21-19-26(38)20-22-27)29-30(46-33(40)23-13-7-4-8-14-23)31(47-34(41)24-15-9-5-10-16-24)32(37(44-2)49-29)48-35(42)25-17-11-6-12-18-25/h4-22,28-32,37,39H,3H2,1-2H3/t28?,29-,30-,31+,32+,37+/m1/s1. The Morgan fingerprint density at radius 3 is 1.57 bits per heavy atom. The molecular formula is C37H34FNO10. The summed E-state index contributed by atoms with van der Waals surface area (Å²) in [7, 11) is 1.27. The number of benzene rings is 4. The van der Waals surface area contributed by atoms with Crippen molar-refractivity contribution in [3.8, 4) is 0 Å². The molecule has 0 spiro atoms. The third kappa shape index (κ3) is 8.66. The van der Waals surface area contributed by atoms with Crippen molar-refractivity contribution in [2.45, 2.75) is 43.7 Å². The minimum Gasteiger partial charge on any atom is -0.464 e. The zero-order valence-corrected chi connectivity index (χ0v) is 26.6. The summed E-state index contributed by atoms with van der Waals surface area (Å²) in [5, 5.41) is 2.97. The second-order valence-corrected chi connectivity index (χ2v) is 10.8. The Balaban J connectivity index is 1.62. The van der Waals surface area contributed by atoms with E-state index in [1.165, 1.54) is 67.8 Å². The van der Waals surface area contributed by atoms with Crippen LogP contribution in [0.3, 0.4) is 0 Å². The van der Waals surface area contributed by atoms with Crippen LogP contribution in [0.4, 0.5) is 10.1 Å². The highest BCUT2D eigenvalue weighted by atomic mass is 19.1. The predicted octanol–water partition coefficient (Wildman–Crippen LogP) is 5.22. The van der Waals surface area contributed by atoms with E-state index >= 15 is 0 Å². The van der Waals surface area contributed by atoms with Crippen LogP contribution in [-0.4, -0.2) is 74.3 Å². The van der Waals surface area contributed by atoms with Gasteiger partial charge in [-0.05, 0) is 67.6 Å². The minimum absolute atomic E-state index is 0.0287. The van der Waals surface area contributed by atoms with Gasteiger partial charge in [-0.25, -0.2) is 23.6 Å². The Kier molecular flexibility index (Phi) is 11.7. The zero-order valence-electron chi connectivity index (χ0n) is 26.6. The van der Waals surface area contributed by atoms with Gasteiger partial charge in [0.25, 0.3) is 0 Å². The van der Waals surface area contributed by atoms with Gasteiger partial charge in [0.1, 0.15) is 11.9 Å². The van der Waals surface area contributed by atoms with Gasteiger partial charge in [-0.2, -0.15) is 0 Å². The first-order valence-corrected chi connectivity index (χ1v) is 15.4. The number of rotatable bonds is 12. The molecule has 1 fully saturated rings. The quantitative estimate of drug-likeness (QED) is 0.157. The average molecular weight is 672 g/mol. The number of carbonyl (C=O) groups is 4. The molecule has 1 aliphatic heterocycles. The van der Waals surface area contributed by atoms with E-state index in [0.29, 0.717) is 5.69 Å². The zero-order chi connectivity index (χ0) is 34.8. The number of hydrogen-bond acceptors (Lipinski definition) is 11. The molecule has 0 radical (unpaired) electrons. The molecule has 0 saturated carbocycles. The van der Waals surface area contributed by atoms with E-state index in [0.717, 1.165) is 0 Å². The molecule has 49 heavy (non-hydrogen) atoms. The van der Waals surface area contributed by atoms with Crippen molar-refractivity contribution in [2.24, 2.45) is 0 Å². The van der Waals surface area contributed by atoms with Crippen molar-refractivity contribution in [3.63, 3.8) is 0 Å². The fourth-order valence-corrected chi connectivity index (χ4v) is 5.22. The van der Waals surface area contributed by atoms with Gasteiger partial charge in [0.05, 0.1) is 23.3 Å². The summed E-state index contributed by atoms with van der Waals surface area (Å²) in [6.07, 6.45) is -7.65. The highest BCUT2D eigenvalue weighted by Gasteiger charge is 2.56. The third-order valence-electron chi connectivity index (χ3n) is 7.56. The predicted molar refractivity (Wildman–Crippen MR) is 173 cm³/mol. The molecule has 11 nitrogen and oxygen atoms in total. The smallest absolute Gasteiger partial charge is 0.338 e. The van der Waals surface area contributed by atoms with E-state index in [2.05, 4.69) is 5.32 Å². The normalized spacial score (nSPS) is 20.7. The van der Waals surface area contributed by atoms with Crippen molar-refractivity contribution in [1.82, 2.24) is 0 Å².